The van der Waals surface area contributed by atoms with Crippen LogP contribution in [0.4, 0.5) is 4.79 Å². The lowest BCUT2D eigenvalue weighted by Crippen LogP contribution is -2.49. The summed E-state index contributed by atoms with van der Waals surface area (Å²) in [7, 11) is 0. The molecule has 0 fully saturated rings. The summed E-state index contributed by atoms with van der Waals surface area (Å²) in [6, 6.07) is 17.2. The number of ether oxygens (including phenoxy) is 2. The average molecular weight is 603 g/mol. The van der Waals surface area contributed by atoms with Crippen LogP contribution < -0.4 is 10.1 Å². The van der Waals surface area contributed by atoms with Gasteiger partial charge in [0.25, 0.3) is 5.78 Å². The Hall–Kier alpha value is -4.10. The second-order valence-corrected chi connectivity index (χ2v) is 11.6. The summed E-state index contributed by atoms with van der Waals surface area (Å²) in [5.41, 5.74) is 4.72. The standard InChI is InChI=1S/C35H39ClN2O5/c1-7-24-10-12-25(13-11-24)32-30(33(39)34(40)42-8-2)31(37-35(41)38(32)18-17-21(3)4)27-15-14-26(36)20-29(27)43-28-16-9-22(5)19-23(28)6/h9-16,19-21,31H,7-8,17-18H2,1-6H3,(H,37,41). The number of ketones is 1. The number of nitrogens with zero attached hydrogens (tertiary/aromatic N) is 1. The van der Waals surface area contributed by atoms with E-state index < -0.39 is 17.8 Å². The number of aryl methyl sites for hydroxylation is 3. The van der Waals surface area contributed by atoms with Crippen LogP contribution in [0.15, 0.2) is 66.2 Å². The van der Waals surface area contributed by atoms with Crippen LogP contribution in [0.1, 0.15) is 68.0 Å². The largest absolute Gasteiger partial charge is 0.460 e. The van der Waals surface area contributed by atoms with E-state index in [4.69, 9.17) is 21.1 Å². The third-order valence-electron chi connectivity index (χ3n) is 7.43. The van der Waals surface area contributed by atoms with Crippen LogP contribution in [0.2, 0.25) is 5.02 Å². The number of amides is 2. The van der Waals surface area contributed by atoms with Crippen LogP contribution in [0.25, 0.3) is 5.70 Å². The third kappa shape index (κ3) is 7.28. The zero-order valence-corrected chi connectivity index (χ0v) is 26.4. The number of benzene rings is 3. The number of esters is 1. The summed E-state index contributed by atoms with van der Waals surface area (Å²) in [4.78, 5) is 42.5. The maximum atomic E-state index is 14.0. The SMILES string of the molecule is CCOC(=O)C(=O)C1=C(c2ccc(CC)cc2)N(CCC(C)C)C(=O)NC1c1ccc(Cl)cc1Oc1ccc(C)cc1C. The van der Waals surface area contributed by atoms with E-state index >= 15 is 0 Å². The van der Waals surface area contributed by atoms with Crippen LogP contribution in [-0.2, 0) is 20.7 Å². The molecule has 226 valence electrons. The van der Waals surface area contributed by atoms with E-state index in [0.29, 0.717) is 52.2 Å². The quantitative estimate of drug-likeness (QED) is 0.178. The first-order valence-corrected chi connectivity index (χ1v) is 15.1. The molecule has 1 heterocycles. The van der Waals surface area contributed by atoms with Crippen LogP contribution in [-0.4, -0.2) is 35.8 Å². The minimum absolute atomic E-state index is 0.0362. The molecule has 0 saturated carbocycles. The zero-order chi connectivity index (χ0) is 31.3. The molecule has 3 aromatic rings. The number of Topliss-reactive ketones (excluding diaryl/α,β-unsaturated/α-hetero) is 1. The van der Waals surface area contributed by atoms with Crippen LogP contribution in [0.3, 0.4) is 0 Å². The van der Waals surface area contributed by atoms with Crippen LogP contribution in [0.5, 0.6) is 11.5 Å². The van der Waals surface area contributed by atoms with Crippen LogP contribution >= 0.6 is 11.6 Å². The summed E-state index contributed by atoms with van der Waals surface area (Å²) in [6.45, 7) is 12.2. The molecule has 0 radical (unpaired) electrons. The van der Waals surface area contributed by atoms with Gasteiger partial charge in [-0.2, -0.15) is 0 Å². The smallest absolute Gasteiger partial charge is 0.379 e. The molecule has 3 aromatic carbocycles. The van der Waals surface area contributed by atoms with Gasteiger partial charge in [0, 0.05) is 17.1 Å². The van der Waals surface area contributed by atoms with Crippen molar-refractivity contribution in [2.24, 2.45) is 5.92 Å². The Balaban J connectivity index is 1.98. The average Bonchev–Trinajstić information content (AvgIpc) is 2.97. The van der Waals surface area contributed by atoms with Gasteiger partial charge in [-0.05, 0) is 74.4 Å². The molecule has 0 saturated heterocycles. The molecule has 1 aliphatic rings. The zero-order valence-electron chi connectivity index (χ0n) is 25.6. The fourth-order valence-electron chi connectivity index (χ4n) is 5.11. The molecule has 7 nitrogen and oxygen atoms in total. The van der Waals surface area contributed by atoms with Gasteiger partial charge in [0.15, 0.2) is 0 Å². The third-order valence-corrected chi connectivity index (χ3v) is 7.67. The molecule has 1 N–H and O–H groups in total. The number of hydrogen-bond donors (Lipinski definition) is 1. The number of carbonyl (C=O) groups excluding carboxylic acids is 3. The van der Waals surface area contributed by atoms with E-state index in [1.165, 1.54) is 0 Å². The van der Waals surface area contributed by atoms with Crippen molar-refractivity contribution >= 4 is 35.1 Å². The highest BCUT2D eigenvalue weighted by Crippen LogP contribution is 2.42. The number of hydrogen-bond acceptors (Lipinski definition) is 5. The van der Waals surface area contributed by atoms with E-state index in [9.17, 15) is 14.4 Å². The maximum absolute atomic E-state index is 14.0. The maximum Gasteiger partial charge on any atom is 0.379 e. The van der Waals surface area contributed by atoms with Gasteiger partial charge in [0.1, 0.15) is 11.5 Å². The van der Waals surface area contributed by atoms with Crippen molar-refractivity contribution < 1.29 is 23.9 Å². The lowest BCUT2D eigenvalue weighted by Gasteiger charge is -2.37. The first-order valence-electron chi connectivity index (χ1n) is 14.7. The van der Waals surface area contributed by atoms with E-state index in [2.05, 4.69) is 26.1 Å². The minimum Gasteiger partial charge on any atom is -0.460 e. The Morgan fingerprint density at radius 1 is 0.977 bits per heavy atom. The first-order chi connectivity index (χ1) is 20.5. The molecule has 43 heavy (non-hydrogen) atoms. The number of urea groups is 1. The predicted molar refractivity (Wildman–Crippen MR) is 169 cm³/mol. The molecule has 1 atom stereocenters. The molecule has 0 aromatic heterocycles. The fraction of sp³-hybridized carbons (Fsp3) is 0.343. The van der Waals surface area contributed by atoms with Crippen molar-refractivity contribution in [1.82, 2.24) is 10.2 Å². The topological polar surface area (TPSA) is 84.9 Å². The molecule has 2 amide bonds. The summed E-state index contributed by atoms with van der Waals surface area (Å²) in [5.74, 6) is -0.561. The lowest BCUT2D eigenvalue weighted by molar-refractivity contribution is -0.151. The number of nitrogens with one attached hydrogen (secondary N) is 1. The van der Waals surface area contributed by atoms with Crippen molar-refractivity contribution in [2.45, 2.75) is 60.4 Å². The van der Waals surface area contributed by atoms with Gasteiger partial charge in [0.05, 0.1) is 23.9 Å². The molecule has 1 aliphatic heterocycles. The molecular weight excluding hydrogens is 564 g/mol. The fourth-order valence-corrected chi connectivity index (χ4v) is 5.28. The number of rotatable bonds is 11. The number of carbonyl (C=O) groups is 3. The summed E-state index contributed by atoms with van der Waals surface area (Å²) < 4.78 is 11.6. The summed E-state index contributed by atoms with van der Waals surface area (Å²) in [5, 5.41) is 3.42. The van der Waals surface area contributed by atoms with Crippen molar-refractivity contribution in [3.8, 4) is 11.5 Å². The van der Waals surface area contributed by atoms with Crippen LogP contribution in [0, 0.1) is 19.8 Å². The molecular formula is C35H39ClN2O5. The highest BCUT2D eigenvalue weighted by atomic mass is 35.5. The Morgan fingerprint density at radius 3 is 2.33 bits per heavy atom. The molecule has 0 spiro atoms. The van der Waals surface area contributed by atoms with E-state index in [-0.39, 0.29) is 18.2 Å². The van der Waals surface area contributed by atoms with E-state index in [0.717, 1.165) is 23.1 Å². The normalized spacial score (nSPS) is 15.0. The minimum atomic E-state index is -1.02. The highest BCUT2D eigenvalue weighted by molar-refractivity contribution is 6.42. The van der Waals surface area contributed by atoms with Gasteiger partial charge < -0.3 is 14.8 Å². The highest BCUT2D eigenvalue weighted by Gasteiger charge is 2.41. The van der Waals surface area contributed by atoms with E-state index in [1.807, 2.05) is 56.3 Å². The summed E-state index contributed by atoms with van der Waals surface area (Å²) in [6.07, 6.45) is 1.52. The molecule has 0 bridgehead atoms. The van der Waals surface area contributed by atoms with Gasteiger partial charge in [-0.3, -0.25) is 9.69 Å². The Kier molecular flexibility index (Phi) is 10.3. The van der Waals surface area contributed by atoms with E-state index in [1.54, 1.807) is 30.0 Å². The monoisotopic (exact) mass is 602 g/mol. The molecule has 4 rings (SSSR count). The Bertz CT molecular complexity index is 1540. The van der Waals surface area contributed by atoms with Crippen molar-refractivity contribution in [1.29, 1.82) is 0 Å². The van der Waals surface area contributed by atoms with Crippen molar-refractivity contribution in [3.05, 3.63) is 99.1 Å². The second-order valence-electron chi connectivity index (χ2n) is 11.1. The Labute approximate surface area is 258 Å². The summed E-state index contributed by atoms with van der Waals surface area (Å²) >= 11 is 6.42. The predicted octanol–water partition coefficient (Wildman–Crippen LogP) is 7.97. The molecule has 8 heteroatoms. The molecule has 1 unspecified atom stereocenters. The Morgan fingerprint density at radius 2 is 1.70 bits per heavy atom. The molecule has 0 aliphatic carbocycles. The van der Waals surface area contributed by atoms with Gasteiger partial charge in [-0.15, -0.1) is 0 Å². The second kappa shape index (κ2) is 13.9. The van der Waals surface area contributed by atoms with Gasteiger partial charge in [0.2, 0.25) is 0 Å². The van der Waals surface area contributed by atoms with Crippen molar-refractivity contribution in [3.63, 3.8) is 0 Å². The van der Waals surface area contributed by atoms with Gasteiger partial charge >= 0.3 is 12.0 Å². The number of halogens is 1. The van der Waals surface area contributed by atoms with Gasteiger partial charge in [-0.1, -0.05) is 80.4 Å². The van der Waals surface area contributed by atoms with Gasteiger partial charge in [-0.25, -0.2) is 9.59 Å². The lowest BCUT2D eigenvalue weighted by atomic mass is 9.88. The van der Waals surface area contributed by atoms with Crippen molar-refractivity contribution in [2.75, 3.05) is 13.2 Å². The first kappa shape index (κ1) is 31.8.